The van der Waals surface area contributed by atoms with Gasteiger partial charge in [0.05, 0.1) is 18.5 Å². The van der Waals surface area contributed by atoms with Gasteiger partial charge in [0, 0.05) is 16.8 Å². The Morgan fingerprint density at radius 2 is 2.38 bits per heavy atom. The smallest absolute Gasteiger partial charge is 0.0967 e. The molecule has 1 aliphatic carbocycles. The van der Waals surface area contributed by atoms with Crippen molar-refractivity contribution in [2.45, 2.75) is 26.4 Å². The van der Waals surface area contributed by atoms with Crippen LogP contribution in [0.1, 0.15) is 20.3 Å². The first kappa shape index (κ1) is 10.8. The van der Waals surface area contributed by atoms with E-state index in [1.165, 1.54) is 0 Å². The summed E-state index contributed by atoms with van der Waals surface area (Å²) < 4.78 is 6.44. The first-order valence-corrected chi connectivity index (χ1v) is 5.31. The highest BCUT2D eigenvalue weighted by molar-refractivity contribution is 9.11. The third kappa shape index (κ3) is 2.85. The number of aliphatic hydroxyl groups is 1. The zero-order valence-electron chi connectivity index (χ0n) is 7.96. The van der Waals surface area contributed by atoms with E-state index < -0.39 is 0 Å². The van der Waals surface area contributed by atoms with Crippen LogP contribution in [0.15, 0.2) is 22.4 Å². The molecular formula is C10H15BrO2. The zero-order valence-corrected chi connectivity index (χ0v) is 9.54. The number of allylic oxidation sites excluding steroid dienone is 3. The van der Waals surface area contributed by atoms with Crippen molar-refractivity contribution in [3.63, 3.8) is 0 Å². The van der Waals surface area contributed by atoms with Crippen LogP contribution in [0.2, 0.25) is 0 Å². The van der Waals surface area contributed by atoms with Crippen LogP contribution in [0.5, 0.6) is 0 Å². The van der Waals surface area contributed by atoms with Gasteiger partial charge in [-0.25, -0.2) is 0 Å². The number of hydrogen-bond acceptors (Lipinski definition) is 2. The fraction of sp³-hybridized carbons (Fsp3) is 0.600. The van der Waals surface area contributed by atoms with Gasteiger partial charge >= 0.3 is 0 Å². The molecule has 0 radical (unpaired) electrons. The average Bonchev–Trinajstić information content (AvgIpc) is 2.08. The molecule has 0 bridgehead atoms. The van der Waals surface area contributed by atoms with Crippen LogP contribution in [0.3, 0.4) is 0 Å². The van der Waals surface area contributed by atoms with Gasteiger partial charge in [-0.05, 0) is 26.0 Å². The molecule has 0 spiro atoms. The third-order valence-corrected chi connectivity index (χ3v) is 2.97. The summed E-state index contributed by atoms with van der Waals surface area (Å²) in [6.07, 6.45) is 4.34. The van der Waals surface area contributed by atoms with Gasteiger partial charge in [-0.15, -0.1) is 0 Å². The minimum atomic E-state index is -0.338. The first-order chi connectivity index (χ1) is 6.15. The molecule has 1 N–H and O–H groups in total. The monoisotopic (exact) mass is 246 g/mol. The SMILES string of the molecule is CCOC1=CC=C(Br)C(C(C)O)C1. The molecule has 1 aliphatic rings. The molecule has 0 heterocycles. The van der Waals surface area contributed by atoms with Crippen LogP contribution >= 0.6 is 15.9 Å². The molecule has 0 saturated carbocycles. The Bertz CT molecular complexity index is 231. The van der Waals surface area contributed by atoms with Gasteiger partial charge in [0.15, 0.2) is 0 Å². The Kier molecular flexibility index (Phi) is 4.00. The second-order valence-corrected chi connectivity index (χ2v) is 4.08. The molecule has 0 fully saturated rings. The summed E-state index contributed by atoms with van der Waals surface area (Å²) >= 11 is 3.43. The molecule has 74 valence electrons. The molecule has 3 heteroatoms. The van der Waals surface area contributed by atoms with Gasteiger partial charge < -0.3 is 9.84 Å². The lowest BCUT2D eigenvalue weighted by Gasteiger charge is -2.23. The van der Waals surface area contributed by atoms with Gasteiger partial charge in [0.25, 0.3) is 0 Å². The maximum Gasteiger partial charge on any atom is 0.0967 e. The summed E-state index contributed by atoms with van der Waals surface area (Å²) in [5.74, 6) is 1.10. The van der Waals surface area contributed by atoms with Crippen molar-refractivity contribution in [1.29, 1.82) is 0 Å². The van der Waals surface area contributed by atoms with Crippen LogP contribution in [0, 0.1) is 5.92 Å². The van der Waals surface area contributed by atoms with Gasteiger partial charge in [-0.2, -0.15) is 0 Å². The number of rotatable bonds is 3. The predicted molar refractivity (Wildman–Crippen MR) is 56.5 cm³/mol. The van der Waals surface area contributed by atoms with E-state index >= 15 is 0 Å². The molecule has 0 saturated heterocycles. The van der Waals surface area contributed by atoms with Crippen molar-refractivity contribution in [2.75, 3.05) is 6.61 Å². The Morgan fingerprint density at radius 3 is 2.92 bits per heavy atom. The van der Waals surface area contributed by atoms with Crippen molar-refractivity contribution in [3.05, 3.63) is 22.4 Å². The van der Waals surface area contributed by atoms with Gasteiger partial charge in [0.2, 0.25) is 0 Å². The highest BCUT2D eigenvalue weighted by atomic mass is 79.9. The summed E-state index contributed by atoms with van der Waals surface area (Å²) in [7, 11) is 0. The lowest BCUT2D eigenvalue weighted by atomic mass is 9.94. The highest BCUT2D eigenvalue weighted by Gasteiger charge is 2.22. The average molecular weight is 247 g/mol. The molecule has 13 heavy (non-hydrogen) atoms. The number of halogens is 1. The van der Waals surface area contributed by atoms with Gasteiger partial charge in [0.1, 0.15) is 0 Å². The van der Waals surface area contributed by atoms with Crippen molar-refractivity contribution < 1.29 is 9.84 Å². The van der Waals surface area contributed by atoms with Crippen LogP contribution in [0.25, 0.3) is 0 Å². The van der Waals surface area contributed by atoms with E-state index in [1.807, 2.05) is 19.1 Å². The normalized spacial score (nSPS) is 24.8. The summed E-state index contributed by atoms with van der Waals surface area (Å²) in [6.45, 7) is 4.45. The lowest BCUT2D eigenvalue weighted by Crippen LogP contribution is -2.20. The fourth-order valence-electron chi connectivity index (χ4n) is 1.37. The molecule has 2 atom stereocenters. The number of hydrogen-bond donors (Lipinski definition) is 1. The molecule has 0 aromatic heterocycles. The van der Waals surface area contributed by atoms with Crippen LogP contribution in [-0.4, -0.2) is 17.8 Å². The molecule has 2 unspecified atom stereocenters. The van der Waals surface area contributed by atoms with Gasteiger partial charge in [-0.1, -0.05) is 15.9 Å². The maximum atomic E-state index is 9.48. The summed E-state index contributed by atoms with van der Waals surface area (Å²) in [6, 6.07) is 0. The van der Waals surface area contributed by atoms with E-state index in [2.05, 4.69) is 15.9 Å². The zero-order chi connectivity index (χ0) is 9.84. The van der Waals surface area contributed by atoms with E-state index in [4.69, 9.17) is 4.74 Å². The second kappa shape index (κ2) is 4.82. The number of ether oxygens (including phenoxy) is 1. The molecular weight excluding hydrogens is 232 g/mol. The molecule has 0 aromatic rings. The van der Waals surface area contributed by atoms with Crippen LogP contribution in [0.4, 0.5) is 0 Å². The second-order valence-electron chi connectivity index (χ2n) is 3.17. The Morgan fingerprint density at radius 1 is 1.69 bits per heavy atom. The van der Waals surface area contributed by atoms with Gasteiger partial charge in [-0.3, -0.25) is 0 Å². The highest BCUT2D eigenvalue weighted by Crippen LogP contribution is 2.32. The molecule has 0 amide bonds. The molecule has 0 aromatic carbocycles. The van der Waals surface area contributed by atoms with Crippen LogP contribution in [-0.2, 0) is 4.74 Å². The summed E-state index contributed by atoms with van der Waals surface area (Å²) in [5, 5.41) is 9.48. The van der Waals surface area contributed by atoms with E-state index in [-0.39, 0.29) is 12.0 Å². The Labute approximate surface area is 87.4 Å². The Balaban J connectivity index is 2.66. The van der Waals surface area contributed by atoms with Crippen molar-refractivity contribution in [2.24, 2.45) is 5.92 Å². The maximum absolute atomic E-state index is 9.48. The topological polar surface area (TPSA) is 29.5 Å². The minimum Gasteiger partial charge on any atom is -0.498 e. The molecule has 1 rings (SSSR count). The van der Waals surface area contributed by atoms with Crippen molar-refractivity contribution in [3.8, 4) is 0 Å². The van der Waals surface area contributed by atoms with E-state index in [1.54, 1.807) is 6.92 Å². The third-order valence-electron chi connectivity index (χ3n) is 2.12. The molecule has 0 aliphatic heterocycles. The van der Waals surface area contributed by atoms with Crippen molar-refractivity contribution in [1.82, 2.24) is 0 Å². The first-order valence-electron chi connectivity index (χ1n) is 4.52. The molecule has 2 nitrogen and oxygen atoms in total. The summed E-state index contributed by atoms with van der Waals surface area (Å²) in [5.41, 5.74) is 0. The quantitative estimate of drug-likeness (QED) is 0.830. The van der Waals surface area contributed by atoms with E-state index in [0.717, 1.165) is 16.7 Å². The van der Waals surface area contributed by atoms with Crippen molar-refractivity contribution >= 4 is 15.9 Å². The number of aliphatic hydroxyl groups excluding tert-OH is 1. The van der Waals surface area contributed by atoms with E-state index in [0.29, 0.717) is 6.61 Å². The fourth-order valence-corrected chi connectivity index (χ4v) is 2.05. The summed E-state index contributed by atoms with van der Waals surface area (Å²) in [4.78, 5) is 0. The lowest BCUT2D eigenvalue weighted by molar-refractivity contribution is 0.127. The largest absolute Gasteiger partial charge is 0.498 e. The standard InChI is InChI=1S/C10H15BrO2/c1-3-13-8-4-5-10(11)9(6-8)7(2)12/h4-5,7,9,12H,3,6H2,1-2H3. The Hall–Kier alpha value is -0.280. The van der Waals surface area contributed by atoms with Crippen LogP contribution < -0.4 is 0 Å². The minimum absolute atomic E-state index is 0.145. The predicted octanol–water partition coefficient (Wildman–Crippen LogP) is 2.59. The van der Waals surface area contributed by atoms with E-state index in [9.17, 15) is 5.11 Å².